The van der Waals surface area contributed by atoms with Gasteiger partial charge in [0.25, 0.3) is 0 Å². The number of amides is 1. The van der Waals surface area contributed by atoms with E-state index in [1.807, 2.05) is 18.9 Å². The first-order valence-electron chi connectivity index (χ1n) is 8.22. The van der Waals surface area contributed by atoms with Crippen LogP contribution in [0.3, 0.4) is 0 Å². The molecule has 1 heterocycles. The average Bonchev–Trinajstić information content (AvgIpc) is 2.58. The van der Waals surface area contributed by atoms with E-state index < -0.39 is 10.0 Å². The highest BCUT2D eigenvalue weighted by molar-refractivity contribution is 7.92. The van der Waals surface area contributed by atoms with Crippen LogP contribution in [0, 0.1) is 6.92 Å². The second-order valence-electron chi connectivity index (χ2n) is 6.39. The minimum atomic E-state index is -3.45. The fraction of sp³-hybridized carbons (Fsp3) is 0.471. The lowest BCUT2D eigenvalue weighted by molar-refractivity contribution is -0.130. The third-order valence-electron chi connectivity index (χ3n) is 4.42. The van der Waals surface area contributed by atoms with Gasteiger partial charge in [0.15, 0.2) is 0 Å². The molecule has 1 aliphatic rings. The predicted octanol–water partition coefficient (Wildman–Crippen LogP) is 2.79. The van der Waals surface area contributed by atoms with Crippen LogP contribution in [-0.4, -0.2) is 51.9 Å². The molecule has 0 bridgehead atoms. The number of hydrogen-bond donors (Lipinski definition) is 1. The number of sulfonamides is 1. The molecule has 1 aromatic carbocycles. The van der Waals surface area contributed by atoms with Crippen LogP contribution < -0.4 is 9.62 Å². The van der Waals surface area contributed by atoms with Crippen LogP contribution in [0.5, 0.6) is 0 Å². The Morgan fingerprint density at radius 1 is 1.35 bits per heavy atom. The van der Waals surface area contributed by atoms with Crippen molar-refractivity contribution in [1.29, 1.82) is 0 Å². The Kier molecular flexibility index (Phi) is 6.96. The van der Waals surface area contributed by atoms with E-state index in [-0.39, 0.29) is 18.5 Å². The Hall–Kier alpha value is -1.28. The SMILES string of the molecule is C=CS(=O)(=O)NC1CCN(C(=O)CN(C)c2cc(Cl)c(Cl)cc2C)CC1. The van der Waals surface area contributed by atoms with E-state index in [0.29, 0.717) is 36.0 Å². The molecule has 0 radical (unpaired) electrons. The molecule has 0 unspecified atom stereocenters. The highest BCUT2D eigenvalue weighted by Crippen LogP contribution is 2.30. The first-order valence-corrected chi connectivity index (χ1v) is 10.5. The zero-order chi connectivity index (χ0) is 19.5. The van der Waals surface area contributed by atoms with Gasteiger partial charge in [-0.2, -0.15) is 0 Å². The molecule has 6 nitrogen and oxygen atoms in total. The lowest BCUT2D eigenvalue weighted by atomic mass is 10.1. The second kappa shape index (κ2) is 8.61. The Morgan fingerprint density at radius 3 is 2.50 bits per heavy atom. The number of likely N-dealkylation sites (tertiary alicyclic amines) is 1. The standard InChI is InChI=1S/C17H23Cl2N3O3S/c1-4-26(24,25)20-13-5-7-22(8-6-13)17(23)11-21(3)16-10-15(19)14(18)9-12(16)2/h4,9-10,13,20H,1,5-8,11H2,2-3H3. The second-order valence-corrected chi connectivity index (χ2v) is 8.87. The van der Waals surface area contributed by atoms with Crippen molar-refractivity contribution in [2.24, 2.45) is 0 Å². The number of anilines is 1. The molecule has 1 fully saturated rings. The van der Waals surface area contributed by atoms with Crippen molar-refractivity contribution >= 4 is 44.8 Å². The molecule has 0 atom stereocenters. The summed E-state index contributed by atoms with van der Waals surface area (Å²) in [6.07, 6.45) is 1.16. The molecule has 144 valence electrons. The van der Waals surface area contributed by atoms with Gasteiger partial charge in [-0.3, -0.25) is 4.79 Å². The minimum Gasteiger partial charge on any atom is -0.365 e. The van der Waals surface area contributed by atoms with Gasteiger partial charge in [0.05, 0.1) is 16.6 Å². The number of carbonyl (C=O) groups is 1. The maximum Gasteiger partial charge on any atom is 0.242 e. The van der Waals surface area contributed by atoms with E-state index in [1.165, 1.54) is 0 Å². The van der Waals surface area contributed by atoms with Gasteiger partial charge in [-0.1, -0.05) is 29.8 Å². The van der Waals surface area contributed by atoms with E-state index in [4.69, 9.17) is 23.2 Å². The van der Waals surface area contributed by atoms with Gasteiger partial charge in [0.2, 0.25) is 15.9 Å². The fourth-order valence-corrected chi connectivity index (χ4v) is 4.13. The molecule has 2 rings (SSSR count). The van der Waals surface area contributed by atoms with Crippen LogP contribution in [0.4, 0.5) is 5.69 Å². The summed E-state index contributed by atoms with van der Waals surface area (Å²) >= 11 is 12.1. The van der Waals surface area contributed by atoms with Crippen LogP contribution in [-0.2, 0) is 14.8 Å². The number of halogens is 2. The summed E-state index contributed by atoms with van der Waals surface area (Å²) in [6.45, 7) is 6.43. The largest absolute Gasteiger partial charge is 0.365 e. The summed E-state index contributed by atoms with van der Waals surface area (Å²) in [5.41, 5.74) is 1.79. The van der Waals surface area contributed by atoms with Gasteiger partial charge < -0.3 is 9.80 Å². The summed E-state index contributed by atoms with van der Waals surface area (Å²) in [5, 5.41) is 1.83. The van der Waals surface area contributed by atoms with Gasteiger partial charge >= 0.3 is 0 Å². The minimum absolute atomic E-state index is 0.0111. The van der Waals surface area contributed by atoms with E-state index >= 15 is 0 Å². The van der Waals surface area contributed by atoms with Crippen LogP contribution in [0.25, 0.3) is 0 Å². The number of nitrogens with one attached hydrogen (secondary N) is 1. The zero-order valence-electron chi connectivity index (χ0n) is 14.8. The molecule has 1 saturated heterocycles. The Bertz CT molecular complexity index is 791. The van der Waals surface area contributed by atoms with Crippen molar-refractivity contribution in [3.63, 3.8) is 0 Å². The molecule has 26 heavy (non-hydrogen) atoms. The number of hydrogen-bond acceptors (Lipinski definition) is 4. The Balaban J connectivity index is 1.93. The summed E-state index contributed by atoms with van der Waals surface area (Å²) < 4.78 is 25.6. The van der Waals surface area contributed by atoms with E-state index in [9.17, 15) is 13.2 Å². The maximum atomic E-state index is 12.6. The van der Waals surface area contributed by atoms with Crippen LogP contribution in [0.1, 0.15) is 18.4 Å². The Morgan fingerprint density at radius 2 is 1.92 bits per heavy atom. The van der Waals surface area contributed by atoms with Crippen molar-refractivity contribution in [2.45, 2.75) is 25.8 Å². The van der Waals surface area contributed by atoms with Crippen molar-refractivity contribution in [1.82, 2.24) is 9.62 Å². The number of aryl methyl sites for hydroxylation is 1. The molecule has 0 aromatic heterocycles. The summed E-state index contributed by atoms with van der Waals surface area (Å²) in [5.74, 6) is -0.0111. The summed E-state index contributed by atoms with van der Waals surface area (Å²) in [6, 6.07) is 3.36. The van der Waals surface area contributed by atoms with Gasteiger partial charge in [-0.05, 0) is 37.5 Å². The van der Waals surface area contributed by atoms with E-state index in [2.05, 4.69) is 11.3 Å². The van der Waals surface area contributed by atoms with Crippen molar-refractivity contribution in [2.75, 3.05) is 31.6 Å². The molecule has 1 amide bonds. The van der Waals surface area contributed by atoms with Gasteiger partial charge in [-0.15, -0.1) is 0 Å². The molecule has 9 heteroatoms. The number of carbonyl (C=O) groups excluding carboxylic acids is 1. The summed E-state index contributed by atoms with van der Waals surface area (Å²) in [4.78, 5) is 16.2. The first-order chi connectivity index (χ1) is 12.1. The molecule has 1 N–H and O–H groups in total. The zero-order valence-corrected chi connectivity index (χ0v) is 17.2. The molecular formula is C17H23Cl2N3O3S. The smallest absolute Gasteiger partial charge is 0.242 e. The maximum absolute atomic E-state index is 12.6. The summed E-state index contributed by atoms with van der Waals surface area (Å²) in [7, 11) is -1.62. The van der Waals surface area contributed by atoms with Crippen molar-refractivity contribution in [3.8, 4) is 0 Å². The fourth-order valence-electron chi connectivity index (χ4n) is 2.96. The van der Waals surface area contributed by atoms with Gasteiger partial charge in [0, 0.05) is 37.3 Å². The van der Waals surface area contributed by atoms with Crippen LogP contribution in [0.15, 0.2) is 24.1 Å². The number of benzene rings is 1. The molecule has 0 aliphatic carbocycles. The van der Waals surface area contributed by atoms with E-state index in [0.717, 1.165) is 16.7 Å². The van der Waals surface area contributed by atoms with Crippen molar-refractivity contribution < 1.29 is 13.2 Å². The third-order valence-corrected chi connectivity index (χ3v) is 6.24. The van der Waals surface area contributed by atoms with Gasteiger partial charge in [0.1, 0.15) is 0 Å². The highest BCUT2D eigenvalue weighted by atomic mass is 35.5. The Labute approximate surface area is 164 Å². The van der Waals surface area contributed by atoms with Crippen LogP contribution >= 0.6 is 23.2 Å². The molecule has 1 aliphatic heterocycles. The molecule has 1 aromatic rings. The normalized spacial score (nSPS) is 15.8. The lowest BCUT2D eigenvalue weighted by Gasteiger charge is -2.33. The molecule has 0 saturated carbocycles. The topological polar surface area (TPSA) is 69.7 Å². The average molecular weight is 420 g/mol. The quantitative estimate of drug-likeness (QED) is 0.769. The van der Waals surface area contributed by atoms with Gasteiger partial charge in [-0.25, -0.2) is 13.1 Å². The monoisotopic (exact) mass is 419 g/mol. The molecule has 0 spiro atoms. The van der Waals surface area contributed by atoms with E-state index in [1.54, 1.807) is 17.0 Å². The van der Waals surface area contributed by atoms with Crippen molar-refractivity contribution in [3.05, 3.63) is 39.7 Å². The molecular weight excluding hydrogens is 397 g/mol. The first kappa shape index (κ1) is 21.0. The number of nitrogens with zero attached hydrogens (tertiary/aromatic N) is 2. The number of rotatable bonds is 6. The van der Waals surface area contributed by atoms with Crippen LogP contribution in [0.2, 0.25) is 10.0 Å². The predicted molar refractivity (Wildman–Crippen MR) is 106 cm³/mol. The highest BCUT2D eigenvalue weighted by Gasteiger charge is 2.25. The lowest BCUT2D eigenvalue weighted by Crippen LogP contribution is -2.48. The number of piperidine rings is 1. The number of likely N-dealkylation sites (N-methyl/N-ethyl adjacent to an activating group) is 1. The third kappa shape index (κ3) is 5.36.